The third-order valence-corrected chi connectivity index (χ3v) is 5.58. The maximum Gasteiger partial charge on any atom is 0.103 e. The van der Waals surface area contributed by atoms with Crippen molar-refractivity contribution in [3.05, 3.63) is 23.8 Å². The minimum Gasteiger partial charge on any atom is -0.370 e. The number of benzene rings is 1. The van der Waals surface area contributed by atoms with Gasteiger partial charge >= 0.3 is 0 Å². The zero-order chi connectivity index (χ0) is 14.7. The first-order chi connectivity index (χ1) is 10.3. The molecular weight excluding hydrogens is 278 g/mol. The van der Waals surface area contributed by atoms with Gasteiger partial charge in [0.1, 0.15) is 6.07 Å². The van der Waals surface area contributed by atoms with Crippen LogP contribution in [0.2, 0.25) is 0 Å². The SMILES string of the molecule is CSc1cccc(N2CCCC(C3CCCN3)C2)c1C#N. The smallest absolute Gasteiger partial charge is 0.103 e. The zero-order valence-corrected chi connectivity index (χ0v) is 13.5. The van der Waals surface area contributed by atoms with Gasteiger partial charge in [0.15, 0.2) is 0 Å². The summed E-state index contributed by atoms with van der Waals surface area (Å²) in [5, 5.41) is 13.2. The maximum absolute atomic E-state index is 9.54. The van der Waals surface area contributed by atoms with E-state index in [1.807, 2.05) is 12.3 Å². The highest BCUT2D eigenvalue weighted by molar-refractivity contribution is 7.98. The fourth-order valence-corrected chi connectivity index (χ4v) is 4.31. The van der Waals surface area contributed by atoms with Gasteiger partial charge in [0.25, 0.3) is 0 Å². The molecule has 0 aromatic heterocycles. The molecule has 0 bridgehead atoms. The van der Waals surface area contributed by atoms with Crippen molar-refractivity contribution in [3.63, 3.8) is 0 Å². The summed E-state index contributed by atoms with van der Waals surface area (Å²) >= 11 is 1.66. The third kappa shape index (κ3) is 3.04. The van der Waals surface area contributed by atoms with Crippen LogP contribution in [0.25, 0.3) is 0 Å². The first-order valence-electron chi connectivity index (χ1n) is 7.89. The van der Waals surface area contributed by atoms with Crippen molar-refractivity contribution >= 4 is 17.4 Å². The molecule has 2 aliphatic heterocycles. The normalized spacial score (nSPS) is 25.8. The third-order valence-electron chi connectivity index (χ3n) is 4.80. The minimum absolute atomic E-state index is 0.682. The molecule has 21 heavy (non-hydrogen) atoms. The molecule has 2 atom stereocenters. The number of nitrogens with zero attached hydrogens (tertiary/aromatic N) is 2. The molecule has 1 aromatic rings. The number of nitriles is 1. The Morgan fingerprint density at radius 3 is 2.95 bits per heavy atom. The second kappa shape index (κ2) is 6.72. The fourth-order valence-electron chi connectivity index (χ4n) is 3.74. The van der Waals surface area contributed by atoms with Crippen LogP contribution < -0.4 is 10.2 Å². The molecule has 2 heterocycles. The summed E-state index contributed by atoms with van der Waals surface area (Å²) in [5.74, 6) is 0.728. The molecule has 2 fully saturated rings. The summed E-state index contributed by atoms with van der Waals surface area (Å²) in [5.41, 5.74) is 1.98. The van der Waals surface area contributed by atoms with E-state index in [-0.39, 0.29) is 0 Å². The first-order valence-corrected chi connectivity index (χ1v) is 9.11. The van der Waals surface area contributed by atoms with E-state index in [9.17, 15) is 5.26 Å². The van der Waals surface area contributed by atoms with Crippen molar-refractivity contribution in [2.45, 2.75) is 36.6 Å². The van der Waals surface area contributed by atoms with Crippen molar-refractivity contribution in [1.29, 1.82) is 5.26 Å². The zero-order valence-electron chi connectivity index (χ0n) is 12.6. The number of hydrogen-bond donors (Lipinski definition) is 1. The van der Waals surface area contributed by atoms with Gasteiger partial charge in [-0.2, -0.15) is 5.26 Å². The first kappa shape index (κ1) is 14.7. The van der Waals surface area contributed by atoms with E-state index in [1.54, 1.807) is 11.8 Å². The lowest BCUT2D eigenvalue weighted by atomic mass is 9.89. The van der Waals surface area contributed by atoms with Crippen LogP contribution in [-0.4, -0.2) is 31.9 Å². The van der Waals surface area contributed by atoms with Crippen LogP contribution in [-0.2, 0) is 0 Å². The van der Waals surface area contributed by atoms with Crippen molar-refractivity contribution in [3.8, 4) is 6.07 Å². The van der Waals surface area contributed by atoms with Crippen LogP contribution in [0.15, 0.2) is 23.1 Å². The second-order valence-electron chi connectivity index (χ2n) is 6.02. The molecule has 0 saturated carbocycles. The van der Waals surface area contributed by atoms with Gasteiger partial charge in [0, 0.05) is 24.0 Å². The summed E-state index contributed by atoms with van der Waals surface area (Å²) in [7, 11) is 0. The Kier molecular flexibility index (Phi) is 4.72. The van der Waals surface area contributed by atoms with Crippen LogP contribution >= 0.6 is 11.8 Å². The maximum atomic E-state index is 9.54. The van der Waals surface area contributed by atoms with Gasteiger partial charge in [-0.25, -0.2) is 0 Å². The molecule has 3 rings (SSSR count). The lowest BCUT2D eigenvalue weighted by Gasteiger charge is -2.37. The Hall–Kier alpha value is -1.18. The van der Waals surface area contributed by atoms with Crippen molar-refractivity contribution < 1.29 is 0 Å². The predicted molar refractivity (Wildman–Crippen MR) is 88.9 cm³/mol. The molecule has 1 aromatic carbocycles. The van der Waals surface area contributed by atoms with Crippen LogP contribution in [0.4, 0.5) is 5.69 Å². The molecule has 2 saturated heterocycles. The number of hydrogen-bond acceptors (Lipinski definition) is 4. The average molecular weight is 301 g/mol. The standard InChI is InChI=1S/C17H23N3S/c1-21-17-8-2-7-16(14(17)11-18)20-10-4-5-13(12-20)15-6-3-9-19-15/h2,7-8,13,15,19H,3-6,9-10,12H2,1H3. The van der Waals surface area contributed by atoms with Gasteiger partial charge in [0.05, 0.1) is 11.3 Å². The Morgan fingerprint density at radius 1 is 1.33 bits per heavy atom. The Balaban J connectivity index is 1.81. The fraction of sp³-hybridized carbons (Fsp3) is 0.588. The highest BCUT2D eigenvalue weighted by Gasteiger charge is 2.30. The summed E-state index contributed by atoms with van der Waals surface area (Å²) in [6, 6.07) is 9.35. The quantitative estimate of drug-likeness (QED) is 0.870. The van der Waals surface area contributed by atoms with E-state index in [0.717, 1.165) is 35.2 Å². The molecule has 2 aliphatic rings. The lowest BCUT2D eigenvalue weighted by Crippen LogP contribution is -2.43. The summed E-state index contributed by atoms with van der Waals surface area (Å²) in [6.07, 6.45) is 7.22. The van der Waals surface area contributed by atoms with Crippen molar-refractivity contribution in [2.24, 2.45) is 5.92 Å². The lowest BCUT2D eigenvalue weighted by molar-refractivity contribution is 0.328. The van der Waals surface area contributed by atoms with Crippen LogP contribution in [0, 0.1) is 17.2 Å². The Morgan fingerprint density at radius 2 is 2.24 bits per heavy atom. The second-order valence-corrected chi connectivity index (χ2v) is 6.87. The Labute approximate surface area is 131 Å². The monoisotopic (exact) mass is 301 g/mol. The van der Waals surface area contributed by atoms with Crippen molar-refractivity contribution in [1.82, 2.24) is 5.32 Å². The number of rotatable bonds is 3. The molecule has 1 N–H and O–H groups in total. The van der Waals surface area contributed by atoms with E-state index in [1.165, 1.54) is 32.2 Å². The molecule has 0 radical (unpaired) electrons. The Bertz CT molecular complexity index is 531. The summed E-state index contributed by atoms with van der Waals surface area (Å²) < 4.78 is 0. The van der Waals surface area contributed by atoms with E-state index >= 15 is 0 Å². The average Bonchev–Trinajstić information content (AvgIpc) is 3.08. The molecular formula is C17H23N3S. The van der Waals surface area contributed by atoms with Gasteiger partial charge in [-0.05, 0) is 56.5 Å². The van der Waals surface area contributed by atoms with Crippen LogP contribution in [0.1, 0.15) is 31.2 Å². The van der Waals surface area contributed by atoms with Crippen LogP contribution in [0.5, 0.6) is 0 Å². The minimum atomic E-state index is 0.682. The topological polar surface area (TPSA) is 39.1 Å². The highest BCUT2D eigenvalue weighted by atomic mass is 32.2. The van der Waals surface area contributed by atoms with Gasteiger partial charge < -0.3 is 10.2 Å². The number of anilines is 1. The van der Waals surface area contributed by atoms with Gasteiger partial charge in [-0.1, -0.05) is 6.07 Å². The molecule has 0 aliphatic carbocycles. The van der Waals surface area contributed by atoms with E-state index < -0.39 is 0 Å². The number of nitrogens with one attached hydrogen (secondary N) is 1. The van der Waals surface area contributed by atoms with Crippen molar-refractivity contribution in [2.75, 3.05) is 30.8 Å². The predicted octanol–water partition coefficient (Wildman–Crippen LogP) is 3.25. The van der Waals surface area contributed by atoms with E-state index in [2.05, 4.69) is 28.4 Å². The molecule has 3 nitrogen and oxygen atoms in total. The van der Waals surface area contributed by atoms with Crippen LogP contribution in [0.3, 0.4) is 0 Å². The molecule has 2 unspecified atom stereocenters. The van der Waals surface area contributed by atoms with Gasteiger partial charge in [0.2, 0.25) is 0 Å². The summed E-state index contributed by atoms with van der Waals surface area (Å²) in [4.78, 5) is 3.53. The largest absolute Gasteiger partial charge is 0.370 e. The number of piperidine rings is 1. The molecule has 4 heteroatoms. The van der Waals surface area contributed by atoms with E-state index in [0.29, 0.717) is 6.04 Å². The summed E-state index contributed by atoms with van der Waals surface area (Å²) in [6.45, 7) is 3.34. The van der Waals surface area contributed by atoms with E-state index in [4.69, 9.17) is 0 Å². The highest BCUT2D eigenvalue weighted by Crippen LogP contribution is 2.33. The van der Waals surface area contributed by atoms with Gasteiger partial charge in [-0.3, -0.25) is 0 Å². The van der Waals surface area contributed by atoms with Gasteiger partial charge in [-0.15, -0.1) is 11.8 Å². The number of thioether (sulfide) groups is 1. The molecule has 0 amide bonds. The molecule has 112 valence electrons. The molecule has 0 spiro atoms.